The van der Waals surface area contributed by atoms with Gasteiger partial charge in [-0.25, -0.2) is 9.78 Å². The Hall–Kier alpha value is -4.18. The first-order valence-electron chi connectivity index (χ1n) is 15.5. The molecule has 5 aromatic rings. The molecule has 0 unspecified atom stereocenters. The van der Waals surface area contributed by atoms with Gasteiger partial charge < -0.3 is 29.8 Å². The third-order valence-corrected chi connectivity index (χ3v) is 9.25. The van der Waals surface area contributed by atoms with E-state index in [-0.39, 0.29) is 35.9 Å². The van der Waals surface area contributed by atoms with Gasteiger partial charge in [0.05, 0.1) is 31.7 Å². The van der Waals surface area contributed by atoms with Crippen LogP contribution in [0.3, 0.4) is 0 Å². The van der Waals surface area contributed by atoms with E-state index in [9.17, 15) is 9.90 Å². The first-order valence-corrected chi connectivity index (χ1v) is 16.3. The Kier molecular flexibility index (Phi) is 10.6. The third-order valence-electron chi connectivity index (χ3n) is 8.48. The molecule has 0 bridgehead atoms. The molecule has 8 nitrogen and oxygen atoms in total. The number of hydrogen-bond donors (Lipinski definition) is 3. The van der Waals surface area contributed by atoms with Gasteiger partial charge in [0, 0.05) is 24.6 Å². The molecule has 3 N–H and O–H groups in total. The molecule has 4 atom stereocenters. The fraction of sp³-hybridized carbons (Fsp3) is 0.243. The van der Waals surface area contributed by atoms with Gasteiger partial charge in [-0.2, -0.15) is 0 Å². The van der Waals surface area contributed by atoms with Crippen LogP contribution in [0.15, 0.2) is 109 Å². The van der Waals surface area contributed by atoms with E-state index in [1.54, 1.807) is 10.9 Å². The van der Waals surface area contributed by atoms with Crippen molar-refractivity contribution in [2.75, 3.05) is 0 Å². The second-order valence-electron chi connectivity index (χ2n) is 11.6. The second kappa shape index (κ2) is 15.2. The normalized spacial score (nSPS) is 19.3. The standard InChI is InChI=1S/C37H36Cl2N4O4/c1-24-32(21-43-23-42-34(38)35(43)39)46-36(47-33(24)28-13-11-26(22-44)12-14-28)29-17-15-27(16-18-29)31-10-6-5-9-30(31)20-41-37(45)40-19-25-7-3-2-4-8-25/h2-18,23-24,32-33,36,44H,19-22H2,1H3,(H2,40,41,45)/t24-,32+,33+,36+/m1/s1. The van der Waals surface area contributed by atoms with Crippen molar-refractivity contribution in [2.45, 2.75) is 51.7 Å². The lowest BCUT2D eigenvalue weighted by Crippen LogP contribution is -2.39. The van der Waals surface area contributed by atoms with Crippen LogP contribution in [0, 0.1) is 5.92 Å². The molecule has 1 aliphatic rings. The lowest BCUT2D eigenvalue weighted by molar-refractivity contribution is -0.276. The fourth-order valence-corrected chi connectivity index (χ4v) is 6.10. The molecule has 0 saturated carbocycles. The Morgan fingerprint density at radius 1 is 0.830 bits per heavy atom. The first-order chi connectivity index (χ1) is 22.9. The molecule has 1 aromatic heterocycles. The number of aliphatic hydroxyl groups excluding tert-OH is 1. The van der Waals surface area contributed by atoms with Crippen molar-refractivity contribution in [1.82, 2.24) is 20.2 Å². The number of imidazole rings is 1. The predicted octanol–water partition coefficient (Wildman–Crippen LogP) is 7.84. The van der Waals surface area contributed by atoms with Crippen LogP contribution in [0.4, 0.5) is 4.79 Å². The van der Waals surface area contributed by atoms with Gasteiger partial charge in [-0.05, 0) is 33.4 Å². The summed E-state index contributed by atoms with van der Waals surface area (Å²) in [4.78, 5) is 16.7. The lowest BCUT2D eigenvalue weighted by Gasteiger charge is -2.41. The van der Waals surface area contributed by atoms with Crippen LogP contribution >= 0.6 is 23.2 Å². The van der Waals surface area contributed by atoms with Gasteiger partial charge in [-0.3, -0.25) is 0 Å². The summed E-state index contributed by atoms with van der Waals surface area (Å²) in [7, 11) is 0. The highest BCUT2D eigenvalue weighted by atomic mass is 35.5. The minimum Gasteiger partial charge on any atom is -0.392 e. The van der Waals surface area contributed by atoms with Crippen molar-refractivity contribution in [2.24, 2.45) is 5.92 Å². The summed E-state index contributed by atoms with van der Waals surface area (Å²) in [5, 5.41) is 16.0. The Bertz CT molecular complexity index is 1780. The highest BCUT2D eigenvalue weighted by Crippen LogP contribution is 2.42. The van der Waals surface area contributed by atoms with Crippen molar-refractivity contribution in [3.8, 4) is 11.1 Å². The van der Waals surface area contributed by atoms with Gasteiger partial charge in [0.1, 0.15) is 5.15 Å². The number of halogens is 2. The SMILES string of the molecule is C[C@@H]1[C@H](Cn2cnc(Cl)c2Cl)O[C@H](c2ccc(-c3ccccc3CNC(=O)NCc3ccccc3)cc2)O[C@@H]1c1ccc(CO)cc1. The number of rotatable bonds is 10. The molecule has 4 aromatic carbocycles. The van der Waals surface area contributed by atoms with Gasteiger partial charge in [0.2, 0.25) is 0 Å². The number of carbonyl (C=O) groups is 1. The van der Waals surface area contributed by atoms with Crippen molar-refractivity contribution >= 4 is 29.2 Å². The molecular weight excluding hydrogens is 635 g/mol. The summed E-state index contributed by atoms with van der Waals surface area (Å²) in [6.45, 7) is 3.35. The van der Waals surface area contributed by atoms with Gasteiger partial charge in [0.25, 0.3) is 0 Å². The largest absolute Gasteiger partial charge is 0.392 e. The van der Waals surface area contributed by atoms with Gasteiger partial charge >= 0.3 is 6.03 Å². The summed E-state index contributed by atoms with van der Waals surface area (Å²) in [5.41, 5.74) is 6.76. The summed E-state index contributed by atoms with van der Waals surface area (Å²) in [6, 6.07) is 33.5. The zero-order chi connectivity index (χ0) is 32.8. The van der Waals surface area contributed by atoms with Crippen molar-refractivity contribution < 1.29 is 19.4 Å². The van der Waals surface area contributed by atoms with Crippen LogP contribution in [0.2, 0.25) is 10.3 Å². The summed E-state index contributed by atoms with van der Waals surface area (Å²) in [6.07, 6.45) is 0.433. The number of benzene rings is 4. The number of amides is 2. The smallest absolute Gasteiger partial charge is 0.315 e. The maximum absolute atomic E-state index is 12.5. The predicted molar refractivity (Wildman–Crippen MR) is 183 cm³/mol. The molecule has 47 heavy (non-hydrogen) atoms. The quantitative estimate of drug-likeness (QED) is 0.141. The molecule has 0 spiro atoms. The van der Waals surface area contributed by atoms with Gasteiger partial charge in [0.15, 0.2) is 11.4 Å². The van der Waals surface area contributed by atoms with Crippen molar-refractivity contribution in [3.63, 3.8) is 0 Å². The van der Waals surface area contributed by atoms with E-state index in [1.165, 1.54) is 0 Å². The maximum Gasteiger partial charge on any atom is 0.315 e. The minimum absolute atomic E-state index is 0.0252. The van der Waals surface area contributed by atoms with Crippen LogP contribution in [-0.2, 0) is 35.7 Å². The monoisotopic (exact) mass is 670 g/mol. The van der Waals surface area contributed by atoms with Crippen LogP contribution in [-0.4, -0.2) is 26.8 Å². The topological polar surface area (TPSA) is 97.6 Å². The Morgan fingerprint density at radius 2 is 1.51 bits per heavy atom. The highest BCUT2D eigenvalue weighted by Gasteiger charge is 2.39. The van der Waals surface area contributed by atoms with E-state index in [0.29, 0.717) is 24.8 Å². The number of hydrogen-bond acceptors (Lipinski definition) is 5. The van der Waals surface area contributed by atoms with Crippen LogP contribution in [0.5, 0.6) is 0 Å². The average molecular weight is 672 g/mol. The Balaban J connectivity index is 1.18. The number of carbonyl (C=O) groups excluding carboxylic acids is 1. The fourth-order valence-electron chi connectivity index (χ4n) is 5.78. The molecular formula is C37H36Cl2N4O4. The lowest BCUT2D eigenvalue weighted by atomic mass is 9.90. The first kappa shape index (κ1) is 32.7. The molecule has 0 aliphatic carbocycles. The summed E-state index contributed by atoms with van der Waals surface area (Å²) in [5.74, 6) is -0.0352. The maximum atomic E-state index is 12.5. The van der Waals surface area contributed by atoms with E-state index in [1.807, 2.05) is 103 Å². The van der Waals surface area contributed by atoms with E-state index >= 15 is 0 Å². The highest BCUT2D eigenvalue weighted by molar-refractivity contribution is 6.40. The third kappa shape index (κ3) is 7.87. The van der Waals surface area contributed by atoms with E-state index in [0.717, 1.165) is 38.9 Å². The van der Waals surface area contributed by atoms with Crippen molar-refractivity contribution in [1.29, 1.82) is 0 Å². The van der Waals surface area contributed by atoms with Gasteiger partial charge in [-0.1, -0.05) is 133 Å². The van der Waals surface area contributed by atoms with Crippen molar-refractivity contribution in [3.05, 3.63) is 148 Å². The van der Waals surface area contributed by atoms with Crippen LogP contribution < -0.4 is 10.6 Å². The Labute approximate surface area is 284 Å². The van der Waals surface area contributed by atoms with E-state index in [4.69, 9.17) is 32.7 Å². The number of ether oxygens (including phenoxy) is 2. The number of aromatic nitrogens is 2. The molecule has 1 aliphatic heterocycles. The average Bonchev–Trinajstić information content (AvgIpc) is 3.43. The second-order valence-corrected chi connectivity index (χ2v) is 12.3. The summed E-state index contributed by atoms with van der Waals surface area (Å²) >= 11 is 12.6. The van der Waals surface area contributed by atoms with Crippen LogP contribution in [0.1, 0.15) is 47.1 Å². The van der Waals surface area contributed by atoms with Gasteiger partial charge in [-0.15, -0.1) is 0 Å². The molecule has 1 saturated heterocycles. The zero-order valence-corrected chi connectivity index (χ0v) is 27.4. The number of nitrogens with zero attached hydrogens (tertiary/aromatic N) is 2. The minimum atomic E-state index is -0.643. The number of aliphatic hydroxyl groups is 1. The molecule has 2 amide bonds. The zero-order valence-electron chi connectivity index (χ0n) is 25.9. The molecule has 1 fully saturated rings. The number of nitrogens with one attached hydrogen (secondary N) is 2. The number of urea groups is 1. The molecule has 2 heterocycles. The van der Waals surface area contributed by atoms with E-state index in [2.05, 4.69) is 22.5 Å². The Morgan fingerprint density at radius 3 is 2.21 bits per heavy atom. The molecule has 6 rings (SSSR count). The molecule has 242 valence electrons. The molecule has 10 heteroatoms. The van der Waals surface area contributed by atoms with Crippen LogP contribution in [0.25, 0.3) is 11.1 Å². The summed E-state index contributed by atoms with van der Waals surface area (Å²) < 4.78 is 15.0. The molecule has 0 radical (unpaired) electrons. The van der Waals surface area contributed by atoms with E-state index < -0.39 is 6.29 Å².